The third-order valence-corrected chi connectivity index (χ3v) is 1.78. The SMILES string of the molecule is O=C(Nc1cn[nH]n1)c1ccccc1F. The maximum Gasteiger partial charge on any atom is 0.259 e. The molecule has 0 radical (unpaired) electrons. The van der Waals surface area contributed by atoms with Crippen molar-refractivity contribution in [2.45, 2.75) is 0 Å². The minimum atomic E-state index is -0.571. The molecular weight excluding hydrogens is 199 g/mol. The predicted octanol–water partition coefficient (Wildman–Crippen LogP) is 1.20. The van der Waals surface area contributed by atoms with Crippen LogP contribution < -0.4 is 5.32 Å². The van der Waals surface area contributed by atoms with Crippen LogP contribution in [0.5, 0.6) is 0 Å². The summed E-state index contributed by atoms with van der Waals surface area (Å²) in [6, 6.07) is 5.71. The minimum absolute atomic E-state index is 0.0273. The third kappa shape index (κ3) is 1.98. The van der Waals surface area contributed by atoms with Crippen LogP contribution in [-0.2, 0) is 0 Å². The number of H-pyrrole nitrogens is 1. The Morgan fingerprint density at radius 2 is 2.20 bits per heavy atom. The molecule has 0 aliphatic heterocycles. The Balaban J connectivity index is 2.19. The lowest BCUT2D eigenvalue weighted by atomic mass is 10.2. The number of halogens is 1. The van der Waals surface area contributed by atoms with Gasteiger partial charge in [-0.05, 0) is 12.1 Å². The van der Waals surface area contributed by atoms with Crippen LogP contribution in [0.3, 0.4) is 0 Å². The van der Waals surface area contributed by atoms with Crippen molar-refractivity contribution >= 4 is 11.7 Å². The maximum absolute atomic E-state index is 13.2. The summed E-state index contributed by atoms with van der Waals surface area (Å²) in [5, 5.41) is 11.9. The number of carbonyl (C=O) groups is 1. The molecule has 0 aliphatic rings. The second-order valence-corrected chi connectivity index (χ2v) is 2.79. The number of rotatable bonds is 2. The topological polar surface area (TPSA) is 70.7 Å². The van der Waals surface area contributed by atoms with Gasteiger partial charge in [0.15, 0.2) is 5.82 Å². The van der Waals surface area contributed by atoms with E-state index < -0.39 is 11.7 Å². The minimum Gasteiger partial charge on any atom is -0.304 e. The zero-order valence-electron chi connectivity index (χ0n) is 7.57. The van der Waals surface area contributed by atoms with E-state index in [1.165, 1.54) is 24.4 Å². The maximum atomic E-state index is 13.2. The summed E-state index contributed by atoms with van der Waals surface area (Å²) in [6.07, 6.45) is 1.33. The van der Waals surface area contributed by atoms with Crippen LogP contribution in [0.4, 0.5) is 10.2 Å². The Morgan fingerprint density at radius 3 is 2.87 bits per heavy atom. The number of amides is 1. The summed E-state index contributed by atoms with van der Waals surface area (Å²) in [5.41, 5.74) is -0.0273. The van der Waals surface area contributed by atoms with E-state index in [1.54, 1.807) is 6.07 Å². The average Bonchev–Trinajstić information content (AvgIpc) is 2.71. The van der Waals surface area contributed by atoms with Crippen molar-refractivity contribution in [3.8, 4) is 0 Å². The number of benzene rings is 1. The van der Waals surface area contributed by atoms with Gasteiger partial charge in [0.2, 0.25) is 0 Å². The standard InChI is InChI=1S/C9H7FN4O/c10-7-4-2-1-3-6(7)9(15)12-8-5-11-14-13-8/h1-5H,(H2,11,12,13,14,15). The van der Waals surface area contributed by atoms with Crippen molar-refractivity contribution in [3.63, 3.8) is 0 Å². The van der Waals surface area contributed by atoms with Gasteiger partial charge in [0.1, 0.15) is 5.82 Å². The molecule has 1 heterocycles. The highest BCUT2D eigenvalue weighted by Crippen LogP contribution is 2.08. The van der Waals surface area contributed by atoms with E-state index >= 15 is 0 Å². The molecule has 1 amide bonds. The average molecular weight is 206 g/mol. The molecule has 15 heavy (non-hydrogen) atoms. The second kappa shape index (κ2) is 3.87. The number of anilines is 1. The van der Waals surface area contributed by atoms with Crippen molar-refractivity contribution in [1.29, 1.82) is 0 Å². The molecule has 0 saturated carbocycles. The van der Waals surface area contributed by atoms with Crippen LogP contribution in [0.25, 0.3) is 0 Å². The molecule has 0 saturated heterocycles. The number of hydrogen-bond acceptors (Lipinski definition) is 3. The third-order valence-electron chi connectivity index (χ3n) is 1.78. The Kier molecular flexibility index (Phi) is 2.40. The molecule has 0 aliphatic carbocycles. The first kappa shape index (κ1) is 9.32. The quantitative estimate of drug-likeness (QED) is 0.775. The van der Waals surface area contributed by atoms with Crippen LogP contribution in [0.2, 0.25) is 0 Å². The van der Waals surface area contributed by atoms with Crippen LogP contribution in [-0.4, -0.2) is 21.3 Å². The van der Waals surface area contributed by atoms with Gasteiger partial charge in [0.05, 0.1) is 11.8 Å². The van der Waals surface area contributed by atoms with Gasteiger partial charge >= 0.3 is 0 Å². The molecule has 0 fully saturated rings. The molecule has 0 spiro atoms. The molecule has 0 bridgehead atoms. The number of aromatic amines is 1. The highest BCUT2D eigenvalue weighted by Gasteiger charge is 2.11. The Bertz CT molecular complexity index is 469. The predicted molar refractivity (Wildman–Crippen MR) is 50.7 cm³/mol. The number of nitrogens with one attached hydrogen (secondary N) is 2. The Morgan fingerprint density at radius 1 is 1.40 bits per heavy atom. The van der Waals surface area contributed by atoms with Gasteiger partial charge in [-0.2, -0.15) is 10.3 Å². The Hall–Kier alpha value is -2.24. The highest BCUT2D eigenvalue weighted by atomic mass is 19.1. The molecular formula is C9H7FN4O. The van der Waals surface area contributed by atoms with Gasteiger partial charge in [-0.15, -0.1) is 5.10 Å². The summed E-state index contributed by atoms with van der Waals surface area (Å²) in [4.78, 5) is 11.5. The molecule has 5 nitrogen and oxygen atoms in total. The second-order valence-electron chi connectivity index (χ2n) is 2.79. The monoisotopic (exact) mass is 206 g/mol. The summed E-state index contributed by atoms with van der Waals surface area (Å²) < 4.78 is 13.2. The van der Waals surface area contributed by atoms with Gasteiger partial charge in [0, 0.05) is 0 Å². The first-order valence-corrected chi connectivity index (χ1v) is 4.19. The van der Waals surface area contributed by atoms with Gasteiger partial charge in [0.25, 0.3) is 5.91 Å². The van der Waals surface area contributed by atoms with Crippen molar-refractivity contribution in [3.05, 3.63) is 41.8 Å². The summed E-state index contributed by atoms with van der Waals surface area (Å²) in [6.45, 7) is 0. The van der Waals surface area contributed by atoms with E-state index in [4.69, 9.17) is 0 Å². The molecule has 0 unspecified atom stereocenters. The smallest absolute Gasteiger partial charge is 0.259 e. The fourth-order valence-electron chi connectivity index (χ4n) is 1.09. The van der Waals surface area contributed by atoms with Crippen molar-refractivity contribution in [2.75, 3.05) is 5.32 Å². The number of hydrogen-bond donors (Lipinski definition) is 2. The highest BCUT2D eigenvalue weighted by molar-refractivity contribution is 6.03. The molecule has 6 heteroatoms. The van der Waals surface area contributed by atoms with E-state index in [9.17, 15) is 9.18 Å². The Labute approximate surface area is 84.3 Å². The molecule has 2 aromatic rings. The number of carbonyl (C=O) groups excluding carboxylic acids is 1. The summed E-state index contributed by atoms with van der Waals surface area (Å²) in [7, 11) is 0. The van der Waals surface area contributed by atoms with Gasteiger partial charge in [-0.1, -0.05) is 12.1 Å². The summed E-state index contributed by atoms with van der Waals surface area (Å²) in [5.74, 6) is -0.872. The molecule has 0 atom stereocenters. The molecule has 1 aromatic carbocycles. The van der Waals surface area contributed by atoms with Gasteiger partial charge < -0.3 is 5.32 Å². The zero-order chi connectivity index (χ0) is 10.7. The van der Waals surface area contributed by atoms with Crippen LogP contribution >= 0.6 is 0 Å². The van der Waals surface area contributed by atoms with Gasteiger partial charge in [-0.3, -0.25) is 4.79 Å². The van der Waals surface area contributed by atoms with Crippen molar-refractivity contribution in [1.82, 2.24) is 15.4 Å². The van der Waals surface area contributed by atoms with E-state index in [1.807, 2.05) is 0 Å². The van der Waals surface area contributed by atoms with Gasteiger partial charge in [-0.25, -0.2) is 4.39 Å². The lowest BCUT2D eigenvalue weighted by Crippen LogP contribution is -2.13. The molecule has 1 aromatic heterocycles. The van der Waals surface area contributed by atoms with Crippen molar-refractivity contribution < 1.29 is 9.18 Å². The van der Waals surface area contributed by atoms with E-state index in [0.29, 0.717) is 0 Å². The number of nitrogens with zero attached hydrogens (tertiary/aromatic N) is 2. The van der Waals surface area contributed by atoms with Crippen molar-refractivity contribution in [2.24, 2.45) is 0 Å². The first-order chi connectivity index (χ1) is 7.27. The van der Waals surface area contributed by atoms with E-state index in [2.05, 4.69) is 20.7 Å². The van der Waals surface area contributed by atoms with Crippen LogP contribution in [0.15, 0.2) is 30.5 Å². The largest absolute Gasteiger partial charge is 0.304 e. The van der Waals surface area contributed by atoms with E-state index in [-0.39, 0.29) is 11.4 Å². The fourth-order valence-corrected chi connectivity index (χ4v) is 1.09. The molecule has 76 valence electrons. The zero-order valence-corrected chi connectivity index (χ0v) is 7.57. The normalized spacial score (nSPS) is 9.93. The summed E-state index contributed by atoms with van der Waals surface area (Å²) >= 11 is 0. The lowest BCUT2D eigenvalue weighted by molar-refractivity contribution is 0.102. The van der Waals surface area contributed by atoms with Crippen LogP contribution in [0, 0.1) is 5.82 Å². The molecule has 2 N–H and O–H groups in total. The first-order valence-electron chi connectivity index (χ1n) is 4.19. The lowest BCUT2D eigenvalue weighted by Gasteiger charge is -2.01. The van der Waals surface area contributed by atoms with E-state index in [0.717, 1.165) is 0 Å². The number of aromatic nitrogens is 3. The van der Waals surface area contributed by atoms with Crippen LogP contribution in [0.1, 0.15) is 10.4 Å². The molecule has 2 rings (SSSR count). The fraction of sp³-hybridized carbons (Fsp3) is 0.